The van der Waals surface area contributed by atoms with Crippen molar-refractivity contribution >= 4 is 3.81 Å². The van der Waals surface area contributed by atoms with Gasteiger partial charge in [-0.1, -0.05) is 27.7 Å². The SMILES string of the molecule is CC1=[C-]CC(C)=C1C.CC1=[C-]CC(C)=C1C.C[C](C)=[Ti+2].[Cl-].[Cl-]. The van der Waals surface area contributed by atoms with E-state index in [1.165, 1.54) is 37.3 Å². The van der Waals surface area contributed by atoms with Gasteiger partial charge in [0.15, 0.2) is 0 Å². The van der Waals surface area contributed by atoms with E-state index < -0.39 is 0 Å². The largest absolute Gasteiger partial charge is 1.00 e. The van der Waals surface area contributed by atoms with Crippen molar-refractivity contribution in [3.63, 3.8) is 0 Å². The Morgan fingerprint density at radius 2 is 0.955 bits per heavy atom. The summed E-state index contributed by atoms with van der Waals surface area (Å²) in [4.78, 5) is 0. The second-order valence-corrected chi connectivity index (χ2v) is 7.33. The summed E-state index contributed by atoms with van der Waals surface area (Å²) in [7, 11) is 0. The summed E-state index contributed by atoms with van der Waals surface area (Å²) in [5.74, 6) is 0. The zero-order valence-electron chi connectivity index (χ0n) is 15.2. The van der Waals surface area contributed by atoms with E-state index in [0.717, 1.165) is 12.8 Å². The summed E-state index contributed by atoms with van der Waals surface area (Å²) >= 11 is 2.08. The Bertz CT molecular complexity index is 437. The van der Waals surface area contributed by atoms with Crippen LogP contribution in [0.4, 0.5) is 0 Å². The molecule has 2 aliphatic rings. The molecule has 0 saturated carbocycles. The first-order chi connectivity index (χ1) is 9.16. The van der Waals surface area contributed by atoms with Gasteiger partial charge < -0.3 is 24.8 Å². The van der Waals surface area contributed by atoms with E-state index in [-0.39, 0.29) is 24.8 Å². The van der Waals surface area contributed by atoms with Crippen LogP contribution in [-0.4, -0.2) is 3.81 Å². The van der Waals surface area contributed by atoms with Gasteiger partial charge in [-0.15, -0.1) is 26.7 Å². The third kappa shape index (κ3) is 10.8. The van der Waals surface area contributed by atoms with Gasteiger partial charge in [-0.25, -0.2) is 11.1 Å². The molecule has 0 aliphatic heterocycles. The first-order valence-electron chi connectivity index (χ1n) is 7.16. The van der Waals surface area contributed by atoms with E-state index in [1.54, 1.807) is 0 Å². The van der Waals surface area contributed by atoms with Gasteiger partial charge in [-0.05, 0) is 0 Å². The topological polar surface area (TPSA) is 0 Å². The van der Waals surface area contributed by atoms with Crippen LogP contribution < -0.4 is 24.8 Å². The standard InChI is InChI=1S/2C8H11.C3H6.2ClH.Ti/c2*1-6-4-5-7(2)8(6)3;1-3-2;;;/h2*4H2,1-3H3;1-2H3;2*1H;/q2*-1;;;;+2/p-2. The molecule has 0 atom stereocenters. The Labute approximate surface area is 162 Å². The molecule has 0 unspecified atom stereocenters. The molecule has 2 aliphatic carbocycles. The normalized spacial score (nSPS) is 15.5. The molecule has 0 nitrogen and oxygen atoms in total. The second-order valence-electron chi connectivity index (χ2n) is 5.77. The quantitative estimate of drug-likeness (QED) is 0.403. The van der Waals surface area contributed by atoms with Crippen LogP contribution in [0.5, 0.6) is 0 Å². The average molecular weight is 375 g/mol. The van der Waals surface area contributed by atoms with Crippen molar-refractivity contribution in [3.8, 4) is 0 Å². The molecular weight excluding hydrogens is 347 g/mol. The molecule has 0 N–H and O–H groups in total. The molecule has 0 aromatic heterocycles. The van der Waals surface area contributed by atoms with E-state index in [9.17, 15) is 0 Å². The van der Waals surface area contributed by atoms with Crippen LogP contribution in [0.15, 0.2) is 33.4 Å². The fraction of sp³-hybridized carbons (Fsp3) is 0.526. The maximum Gasteiger partial charge on any atom is -1.00 e. The van der Waals surface area contributed by atoms with Gasteiger partial charge >= 0.3 is 37.6 Å². The molecule has 124 valence electrons. The molecule has 0 fully saturated rings. The number of halogens is 2. The number of rotatable bonds is 0. The number of hydrogen-bond acceptors (Lipinski definition) is 0. The van der Waals surface area contributed by atoms with Crippen molar-refractivity contribution in [2.24, 2.45) is 0 Å². The van der Waals surface area contributed by atoms with Crippen molar-refractivity contribution in [3.05, 3.63) is 45.6 Å². The van der Waals surface area contributed by atoms with Crippen LogP contribution in [0.2, 0.25) is 0 Å². The van der Waals surface area contributed by atoms with Crippen molar-refractivity contribution in [1.29, 1.82) is 0 Å². The molecule has 2 rings (SSSR count). The van der Waals surface area contributed by atoms with E-state index in [4.69, 9.17) is 0 Å². The average Bonchev–Trinajstić information content (AvgIpc) is 2.80. The minimum Gasteiger partial charge on any atom is -1.00 e. The van der Waals surface area contributed by atoms with Gasteiger partial charge in [0.05, 0.1) is 0 Å². The second kappa shape index (κ2) is 13.6. The van der Waals surface area contributed by atoms with Crippen molar-refractivity contribution in [1.82, 2.24) is 0 Å². The van der Waals surface area contributed by atoms with Gasteiger partial charge in [-0.3, -0.25) is 12.2 Å². The summed E-state index contributed by atoms with van der Waals surface area (Å²) in [6, 6.07) is 0. The summed E-state index contributed by atoms with van der Waals surface area (Å²) in [6.45, 7) is 17.0. The van der Waals surface area contributed by atoms with Gasteiger partial charge in [0, 0.05) is 0 Å². The third-order valence-corrected chi connectivity index (χ3v) is 3.64. The summed E-state index contributed by atoms with van der Waals surface area (Å²) in [6.07, 6.45) is 8.63. The zero-order chi connectivity index (χ0) is 15.9. The van der Waals surface area contributed by atoms with Crippen molar-refractivity contribution in [2.75, 3.05) is 0 Å². The van der Waals surface area contributed by atoms with Crippen molar-refractivity contribution < 1.29 is 44.8 Å². The van der Waals surface area contributed by atoms with Crippen LogP contribution in [-0.2, 0) is 20.0 Å². The van der Waals surface area contributed by atoms with E-state index in [0.29, 0.717) is 0 Å². The molecule has 0 heterocycles. The number of hydrogen-bond donors (Lipinski definition) is 0. The van der Waals surface area contributed by atoms with Crippen LogP contribution in [0, 0.1) is 12.2 Å². The van der Waals surface area contributed by atoms with Gasteiger partial charge in [0.2, 0.25) is 0 Å². The molecule has 22 heavy (non-hydrogen) atoms. The van der Waals surface area contributed by atoms with Crippen LogP contribution in [0.25, 0.3) is 0 Å². The first-order valence-corrected chi connectivity index (χ1v) is 7.94. The molecule has 0 saturated heterocycles. The molecule has 0 radical (unpaired) electrons. The Morgan fingerprint density at radius 1 is 0.727 bits per heavy atom. The molecule has 0 amide bonds. The molecule has 3 heteroatoms. The van der Waals surface area contributed by atoms with Crippen molar-refractivity contribution in [2.45, 2.75) is 68.2 Å². The fourth-order valence-corrected chi connectivity index (χ4v) is 1.70. The molecular formula is C19H28Cl2Ti-2. The van der Waals surface area contributed by atoms with E-state index in [2.05, 4.69) is 87.5 Å². The van der Waals surface area contributed by atoms with E-state index in [1.807, 2.05) is 0 Å². The maximum atomic E-state index is 3.26. The molecule has 0 aromatic carbocycles. The Balaban J connectivity index is -0.000000249. The van der Waals surface area contributed by atoms with Gasteiger partial charge in [-0.2, -0.15) is 22.3 Å². The van der Waals surface area contributed by atoms with Crippen LogP contribution in [0.3, 0.4) is 0 Å². The minimum atomic E-state index is 0. The first kappa shape index (κ1) is 27.0. The summed E-state index contributed by atoms with van der Waals surface area (Å²) in [5, 5.41) is 0. The number of allylic oxidation sites excluding steroid dienone is 8. The van der Waals surface area contributed by atoms with Crippen LogP contribution >= 0.6 is 0 Å². The summed E-state index contributed by atoms with van der Waals surface area (Å²) in [5.41, 5.74) is 8.49. The maximum absolute atomic E-state index is 3.26. The third-order valence-electron chi connectivity index (χ3n) is 3.64. The van der Waals surface area contributed by atoms with Gasteiger partial charge in [0.1, 0.15) is 0 Å². The van der Waals surface area contributed by atoms with Gasteiger partial charge in [0.25, 0.3) is 0 Å². The van der Waals surface area contributed by atoms with E-state index >= 15 is 0 Å². The monoisotopic (exact) mass is 374 g/mol. The molecule has 0 spiro atoms. The zero-order valence-corrected chi connectivity index (χ0v) is 18.2. The minimum absolute atomic E-state index is 0. The Kier molecular flexibility index (Phi) is 16.6. The Hall–Kier alpha value is 0.124. The predicted octanol–water partition coefficient (Wildman–Crippen LogP) is -0.295. The molecule has 0 aromatic rings. The Morgan fingerprint density at radius 3 is 1.00 bits per heavy atom. The molecule has 0 bridgehead atoms. The predicted molar refractivity (Wildman–Crippen MR) is 87.2 cm³/mol. The summed E-state index contributed by atoms with van der Waals surface area (Å²) < 4.78 is 1.42. The smallest absolute Gasteiger partial charge is 1.00 e. The van der Waals surface area contributed by atoms with Crippen LogP contribution in [0.1, 0.15) is 68.2 Å². The fourth-order valence-electron chi connectivity index (χ4n) is 1.70.